The molecule has 0 fully saturated rings. The maximum atomic E-state index is 13.3. The molecule has 2 rings (SSSR count). The molecule has 5 heteroatoms. The van der Waals surface area contributed by atoms with Crippen molar-refractivity contribution in [1.29, 1.82) is 0 Å². The molecule has 0 aliphatic rings. The first-order valence-electron chi connectivity index (χ1n) is 6.42. The number of hydrogen-bond donors (Lipinski definition) is 2. The van der Waals surface area contributed by atoms with Gasteiger partial charge in [0.05, 0.1) is 13.2 Å². The zero-order valence-corrected chi connectivity index (χ0v) is 11.2. The van der Waals surface area contributed by atoms with Gasteiger partial charge in [-0.2, -0.15) is 0 Å². The lowest BCUT2D eigenvalue weighted by Crippen LogP contribution is -2.37. The smallest absolute Gasteiger partial charge is 0.126 e. The van der Waals surface area contributed by atoms with Crippen molar-refractivity contribution in [2.75, 3.05) is 13.2 Å². The normalized spacial score (nSPS) is 11.7. The van der Waals surface area contributed by atoms with Gasteiger partial charge in [-0.15, -0.1) is 0 Å². The van der Waals surface area contributed by atoms with E-state index in [1.165, 1.54) is 24.3 Å². The Kier molecular flexibility index (Phi) is 4.65. The van der Waals surface area contributed by atoms with Crippen LogP contribution in [-0.4, -0.2) is 23.4 Å². The second-order valence-corrected chi connectivity index (χ2v) is 5.06. The van der Waals surface area contributed by atoms with E-state index in [0.717, 1.165) is 18.2 Å². The molecule has 21 heavy (non-hydrogen) atoms. The van der Waals surface area contributed by atoms with Gasteiger partial charge >= 0.3 is 0 Å². The van der Waals surface area contributed by atoms with Gasteiger partial charge in [0.1, 0.15) is 17.5 Å². The number of rotatable bonds is 5. The van der Waals surface area contributed by atoms with Gasteiger partial charge in [0.15, 0.2) is 0 Å². The molecule has 0 unspecified atom stereocenters. The molecule has 2 aromatic rings. The lowest BCUT2D eigenvalue weighted by atomic mass is 9.77. The van der Waals surface area contributed by atoms with Crippen LogP contribution in [0.2, 0.25) is 0 Å². The molecule has 0 radical (unpaired) electrons. The van der Waals surface area contributed by atoms with Crippen molar-refractivity contribution in [2.45, 2.75) is 11.8 Å². The summed E-state index contributed by atoms with van der Waals surface area (Å²) in [6.45, 7) is -0.874. The minimum absolute atomic E-state index is 0.0281. The molecular weight excluding hydrogens is 281 g/mol. The zero-order chi connectivity index (χ0) is 15.5. The summed E-state index contributed by atoms with van der Waals surface area (Å²) in [6, 6.07) is 8.35. The lowest BCUT2D eigenvalue weighted by molar-refractivity contribution is 0.116. The summed E-state index contributed by atoms with van der Waals surface area (Å²) in [4.78, 5) is 0. The summed E-state index contributed by atoms with van der Waals surface area (Å²) < 4.78 is 39.5. The van der Waals surface area contributed by atoms with E-state index in [4.69, 9.17) is 0 Å². The van der Waals surface area contributed by atoms with Crippen molar-refractivity contribution in [3.8, 4) is 0 Å². The van der Waals surface area contributed by atoms with Crippen molar-refractivity contribution < 1.29 is 23.4 Å². The Morgan fingerprint density at radius 3 is 1.76 bits per heavy atom. The molecule has 0 aliphatic carbocycles. The molecule has 0 heterocycles. The maximum absolute atomic E-state index is 13.3. The fourth-order valence-electron chi connectivity index (χ4n) is 2.35. The molecule has 0 saturated heterocycles. The molecule has 0 saturated carbocycles. The molecule has 2 nitrogen and oxygen atoms in total. The molecule has 0 bridgehead atoms. The Hall–Kier alpha value is -1.85. The average molecular weight is 296 g/mol. The molecule has 0 atom stereocenters. The SMILES string of the molecule is OCC(CO)(Cc1cc(F)cc(F)c1)c1ccc(F)cc1. The van der Waals surface area contributed by atoms with Crippen molar-refractivity contribution in [3.63, 3.8) is 0 Å². The van der Waals surface area contributed by atoms with Crippen molar-refractivity contribution >= 4 is 0 Å². The van der Waals surface area contributed by atoms with Crippen LogP contribution in [0.4, 0.5) is 13.2 Å². The minimum Gasteiger partial charge on any atom is -0.395 e. The Balaban J connectivity index is 2.40. The van der Waals surface area contributed by atoms with Gasteiger partial charge in [-0.05, 0) is 41.8 Å². The van der Waals surface area contributed by atoms with Crippen LogP contribution in [0.1, 0.15) is 11.1 Å². The van der Waals surface area contributed by atoms with E-state index in [-0.39, 0.29) is 6.42 Å². The highest BCUT2D eigenvalue weighted by molar-refractivity contribution is 5.31. The summed E-state index contributed by atoms with van der Waals surface area (Å²) in [7, 11) is 0. The van der Waals surface area contributed by atoms with Gasteiger partial charge in [0.2, 0.25) is 0 Å². The minimum atomic E-state index is -1.13. The van der Waals surface area contributed by atoms with Gasteiger partial charge < -0.3 is 10.2 Å². The second-order valence-electron chi connectivity index (χ2n) is 5.06. The molecule has 112 valence electrons. The van der Waals surface area contributed by atoms with E-state index in [0.29, 0.717) is 11.1 Å². The van der Waals surface area contributed by atoms with E-state index < -0.39 is 36.1 Å². The largest absolute Gasteiger partial charge is 0.395 e. The van der Waals surface area contributed by atoms with Crippen LogP contribution < -0.4 is 0 Å². The highest BCUT2D eigenvalue weighted by atomic mass is 19.1. The van der Waals surface area contributed by atoms with Crippen LogP contribution in [0, 0.1) is 17.5 Å². The number of aliphatic hydroxyl groups is 2. The highest BCUT2D eigenvalue weighted by Gasteiger charge is 2.31. The highest BCUT2D eigenvalue weighted by Crippen LogP contribution is 2.29. The Bertz CT molecular complexity index is 587. The third-order valence-electron chi connectivity index (χ3n) is 3.53. The van der Waals surface area contributed by atoms with Gasteiger partial charge in [-0.25, -0.2) is 13.2 Å². The molecule has 2 aromatic carbocycles. The fourth-order valence-corrected chi connectivity index (χ4v) is 2.35. The van der Waals surface area contributed by atoms with Gasteiger partial charge in [0.25, 0.3) is 0 Å². The molecule has 0 amide bonds. The Morgan fingerprint density at radius 1 is 0.762 bits per heavy atom. The quantitative estimate of drug-likeness (QED) is 0.890. The maximum Gasteiger partial charge on any atom is 0.126 e. The summed E-state index contributed by atoms with van der Waals surface area (Å²) in [5, 5.41) is 19.3. The topological polar surface area (TPSA) is 40.5 Å². The van der Waals surface area contributed by atoms with Crippen molar-refractivity contribution in [2.24, 2.45) is 0 Å². The van der Waals surface area contributed by atoms with Gasteiger partial charge in [0, 0.05) is 11.5 Å². The van der Waals surface area contributed by atoms with Gasteiger partial charge in [-0.3, -0.25) is 0 Å². The summed E-state index contributed by atoms with van der Waals surface area (Å²) >= 11 is 0. The van der Waals surface area contributed by atoms with Crippen molar-refractivity contribution in [3.05, 3.63) is 71.0 Å². The third-order valence-corrected chi connectivity index (χ3v) is 3.53. The summed E-state index contributed by atoms with van der Waals surface area (Å²) in [5.74, 6) is -1.90. The molecule has 2 N–H and O–H groups in total. The van der Waals surface area contributed by atoms with Crippen molar-refractivity contribution in [1.82, 2.24) is 0 Å². The monoisotopic (exact) mass is 296 g/mol. The Morgan fingerprint density at radius 2 is 1.29 bits per heavy atom. The summed E-state index contributed by atoms with van der Waals surface area (Å²) in [6.07, 6.45) is 0.0281. The van der Waals surface area contributed by atoms with Crippen LogP contribution in [0.3, 0.4) is 0 Å². The van der Waals surface area contributed by atoms with Crippen LogP contribution in [-0.2, 0) is 11.8 Å². The summed E-state index contributed by atoms with van der Waals surface area (Å²) in [5.41, 5.74) is -0.327. The Labute approximate surface area is 120 Å². The predicted octanol–water partition coefficient (Wildman–Crippen LogP) is 2.57. The molecule has 0 aliphatic heterocycles. The zero-order valence-electron chi connectivity index (χ0n) is 11.2. The van der Waals surface area contributed by atoms with E-state index in [1.54, 1.807) is 0 Å². The number of hydrogen-bond acceptors (Lipinski definition) is 2. The van der Waals surface area contributed by atoms with Crippen LogP contribution in [0.25, 0.3) is 0 Å². The first-order chi connectivity index (χ1) is 9.99. The van der Waals surface area contributed by atoms with Crippen LogP contribution >= 0.6 is 0 Å². The van der Waals surface area contributed by atoms with E-state index in [1.807, 2.05) is 0 Å². The lowest BCUT2D eigenvalue weighted by Gasteiger charge is -2.30. The third kappa shape index (κ3) is 3.43. The van der Waals surface area contributed by atoms with E-state index in [9.17, 15) is 23.4 Å². The first kappa shape index (κ1) is 15.5. The average Bonchev–Trinajstić information content (AvgIpc) is 2.45. The predicted molar refractivity (Wildman–Crippen MR) is 72.3 cm³/mol. The second kappa shape index (κ2) is 6.28. The standard InChI is InChI=1S/C16H15F3O2/c17-13-3-1-12(2-4-13)16(9-20,10-21)8-11-5-14(18)7-15(19)6-11/h1-7,20-21H,8-10H2. The van der Waals surface area contributed by atoms with E-state index >= 15 is 0 Å². The molecular formula is C16H15F3O2. The first-order valence-corrected chi connectivity index (χ1v) is 6.42. The molecule has 0 aromatic heterocycles. The van der Waals surface area contributed by atoms with Crippen LogP contribution in [0.5, 0.6) is 0 Å². The fraction of sp³-hybridized carbons (Fsp3) is 0.250. The molecule has 0 spiro atoms. The van der Waals surface area contributed by atoms with Gasteiger partial charge in [-0.1, -0.05) is 12.1 Å². The van der Waals surface area contributed by atoms with E-state index in [2.05, 4.69) is 0 Å². The number of halogens is 3. The van der Waals surface area contributed by atoms with Crippen LogP contribution in [0.15, 0.2) is 42.5 Å². The number of benzene rings is 2. The number of aliphatic hydroxyl groups excluding tert-OH is 2.